The molecular weight excluding hydrogens is 287 g/mol. The first kappa shape index (κ1) is 15.2. The molecule has 106 valence electrons. The summed E-state index contributed by atoms with van der Waals surface area (Å²) >= 11 is 0.997. The molecule has 10 heteroatoms. The summed E-state index contributed by atoms with van der Waals surface area (Å²) in [6.07, 6.45) is -4.47. The van der Waals surface area contributed by atoms with Crippen molar-refractivity contribution in [2.75, 3.05) is 13.6 Å². The van der Waals surface area contributed by atoms with E-state index in [4.69, 9.17) is 5.11 Å². The molecule has 0 radical (unpaired) electrons. The van der Waals surface area contributed by atoms with Crippen LogP contribution in [0.15, 0.2) is 5.38 Å². The molecule has 0 unspecified atom stereocenters. The van der Waals surface area contributed by atoms with E-state index in [0.717, 1.165) is 18.4 Å². The van der Waals surface area contributed by atoms with Gasteiger partial charge < -0.3 is 15.3 Å². The van der Waals surface area contributed by atoms with Gasteiger partial charge in [-0.1, -0.05) is 0 Å². The lowest BCUT2D eigenvalue weighted by molar-refractivity contribution is -0.137. The van der Waals surface area contributed by atoms with Crippen molar-refractivity contribution >= 4 is 23.3 Å². The maximum absolute atomic E-state index is 12.0. The molecule has 0 spiro atoms. The lowest BCUT2D eigenvalue weighted by atomic mass is 10.5. The number of aromatic carboxylic acids is 1. The van der Waals surface area contributed by atoms with Crippen LogP contribution in [0.1, 0.15) is 15.5 Å². The Morgan fingerprint density at radius 1 is 1.53 bits per heavy atom. The molecule has 0 aromatic carbocycles. The average Bonchev–Trinajstić information content (AvgIpc) is 2.72. The highest BCUT2D eigenvalue weighted by atomic mass is 32.1. The number of carbonyl (C=O) groups excluding carboxylic acids is 1. The Balaban J connectivity index is 2.47. The second kappa shape index (κ2) is 5.87. The van der Waals surface area contributed by atoms with Gasteiger partial charge in [-0.3, -0.25) is 0 Å². The van der Waals surface area contributed by atoms with Gasteiger partial charge in [-0.2, -0.15) is 13.2 Å². The second-order valence-electron chi connectivity index (χ2n) is 3.56. The highest BCUT2D eigenvalue weighted by molar-refractivity contribution is 7.09. The van der Waals surface area contributed by atoms with Gasteiger partial charge in [-0.05, 0) is 0 Å². The summed E-state index contributed by atoms with van der Waals surface area (Å²) in [6, 6.07) is -0.913. The van der Waals surface area contributed by atoms with Crippen molar-refractivity contribution in [2.24, 2.45) is 0 Å². The first-order chi connectivity index (χ1) is 8.69. The molecule has 0 saturated heterocycles. The predicted molar refractivity (Wildman–Crippen MR) is 60.0 cm³/mol. The van der Waals surface area contributed by atoms with E-state index < -0.39 is 24.7 Å². The summed E-state index contributed by atoms with van der Waals surface area (Å²) in [5.74, 6) is -1.21. The molecule has 1 rings (SSSR count). The first-order valence-corrected chi connectivity index (χ1v) is 5.80. The number of amides is 2. The molecule has 2 N–H and O–H groups in total. The van der Waals surface area contributed by atoms with Crippen molar-refractivity contribution in [2.45, 2.75) is 12.7 Å². The van der Waals surface area contributed by atoms with E-state index in [-0.39, 0.29) is 12.2 Å². The van der Waals surface area contributed by atoms with Gasteiger partial charge >= 0.3 is 18.2 Å². The fourth-order valence-corrected chi connectivity index (χ4v) is 1.82. The van der Waals surface area contributed by atoms with Crippen LogP contribution in [0.2, 0.25) is 0 Å². The van der Waals surface area contributed by atoms with Crippen molar-refractivity contribution in [3.8, 4) is 0 Å². The van der Waals surface area contributed by atoms with Crippen LogP contribution in [0.25, 0.3) is 0 Å². The number of halogens is 3. The normalized spacial score (nSPS) is 11.2. The van der Waals surface area contributed by atoms with Crippen LogP contribution in [-0.4, -0.2) is 46.8 Å². The van der Waals surface area contributed by atoms with Gasteiger partial charge in [-0.15, -0.1) is 11.3 Å². The first-order valence-electron chi connectivity index (χ1n) is 4.92. The number of hydrogen-bond donors (Lipinski definition) is 2. The number of aromatic nitrogens is 1. The minimum Gasteiger partial charge on any atom is -0.476 e. The Labute approximate surface area is 109 Å². The Kier molecular flexibility index (Phi) is 4.70. The zero-order chi connectivity index (χ0) is 14.6. The molecule has 0 bridgehead atoms. The van der Waals surface area contributed by atoms with Crippen LogP contribution >= 0.6 is 11.3 Å². The number of thiazole rings is 1. The van der Waals surface area contributed by atoms with Gasteiger partial charge in [0.1, 0.15) is 11.6 Å². The van der Waals surface area contributed by atoms with Gasteiger partial charge in [-0.25, -0.2) is 14.6 Å². The van der Waals surface area contributed by atoms with Crippen LogP contribution < -0.4 is 5.32 Å². The molecule has 0 aliphatic carbocycles. The minimum atomic E-state index is -4.47. The van der Waals surface area contributed by atoms with Crippen LogP contribution in [0.4, 0.5) is 18.0 Å². The quantitative estimate of drug-likeness (QED) is 0.883. The molecule has 0 aliphatic rings. The van der Waals surface area contributed by atoms with Gasteiger partial charge in [0.15, 0.2) is 5.69 Å². The molecule has 0 aliphatic heterocycles. The topological polar surface area (TPSA) is 82.5 Å². The molecule has 6 nitrogen and oxygen atoms in total. The van der Waals surface area contributed by atoms with Crippen molar-refractivity contribution in [3.63, 3.8) is 0 Å². The molecule has 1 aromatic rings. The van der Waals surface area contributed by atoms with Crippen molar-refractivity contribution in [1.29, 1.82) is 0 Å². The largest absolute Gasteiger partial charge is 0.476 e. The van der Waals surface area contributed by atoms with Crippen LogP contribution in [0.5, 0.6) is 0 Å². The zero-order valence-corrected chi connectivity index (χ0v) is 10.5. The zero-order valence-electron chi connectivity index (χ0n) is 9.69. The van der Waals surface area contributed by atoms with E-state index in [0.29, 0.717) is 9.91 Å². The number of nitrogens with one attached hydrogen (secondary N) is 1. The summed E-state index contributed by atoms with van der Waals surface area (Å²) in [6.45, 7) is -1.49. The summed E-state index contributed by atoms with van der Waals surface area (Å²) < 4.78 is 36.1. The second-order valence-corrected chi connectivity index (χ2v) is 4.50. The number of nitrogens with zero attached hydrogens (tertiary/aromatic N) is 2. The fraction of sp³-hybridized carbons (Fsp3) is 0.444. The summed E-state index contributed by atoms with van der Waals surface area (Å²) in [5, 5.41) is 12.4. The summed E-state index contributed by atoms with van der Waals surface area (Å²) in [4.78, 5) is 26.0. The molecule has 1 heterocycles. The van der Waals surface area contributed by atoms with Crippen molar-refractivity contribution in [1.82, 2.24) is 15.2 Å². The van der Waals surface area contributed by atoms with Gasteiger partial charge in [0.25, 0.3) is 0 Å². The molecule has 1 aromatic heterocycles. The van der Waals surface area contributed by atoms with E-state index in [1.54, 1.807) is 0 Å². The number of hydrogen-bond acceptors (Lipinski definition) is 4. The van der Waals surface area contributed by atoms with E-state index >= 15 is 0 Å². The van der Waals surface area contributed by atoms with E-state index in [1.165, 1.54) is 5.38 Å². The molecule has 19 heavy (non-hydrogen) atoms. The highest BCUT2D eigenvalue weighted by Gasteiger charge is 2.31. The van der Waals surface area contributed by atoms with Gasteiger partial charge in [0, 0.05) is 12.4 Å². The van der Waals surface area contributed by atoms with Crippen molar-refractivity contribution in [3.05, 3.63) is 16.1 Å². The monoisotopic (exact) mass is 297 g/mol. The number of carboxylic acids is 1. The van der Waals surface area contributed by atoms with Crippen LogP contribution in [-0.2, 0) is 6.54 Å². The van der Waals surface area contributed by atoms with Crippen LogP contribution in [0.3, 0.4) is 0 Å². The number of carboxylic acid groups (broad SMARTS) is 1. The third-order valence-corrected chi connectivity index (χ3v) is 2.77. The smallest absolute Gasteiger partial charge is 0.406 e. The maximum atomic E-state index is 12.0. The molecule has 0 saturated carbocycles. The maximum Gasteiger partial charge on any atom is 0.406 e. The minimum absolute atomic E-state index is 0.126. The molecule has 0 atom stereocenters. The summed E-state index contributed by atoms with van der Waals surface area (Å²) in [5.41, 5.74) is -0.169. The highest BCUT2D eigenvalue weighted by Crippen LogP contribution is 2.15. The fourth-order valence-electron chi connectivity index (χ4n) is 1.12. The van der Waals surface area contributed by atoms with E-state index in [2.05, 4.69) is 10.3 Å². The Morgan fingerprint density at radius 3 is 2.63 bits per heavy atom. The van der Waals surface area contributed by atoms with Crippen molar-refractivity contribution < 1.29 is 27.9 Å². The van der Waals surface area contributed by atoms with E-state index in [9.17, 15) is 22.8 Å². The van der Waals surface area contributed by atoms with E-state index in [1.807, 2.05) is 0 Å². The number of carbonyl (C=O) groups is 2. The Hall–Kier alpha value is -1.84. The number of alkyl halides is 3. The van der Waals surface area contributed by atoms with Gasteiger partial charge in [0.05, 0.1) is 6.54 Å². The predicted octanol–water partition coefficient (Wildman–Crippen LogP) is 1.54. The SMILES string of the molecule is CN(CC(F)(F)F)C(=O)NCc1nc(C(=O)O)cs1. The summed E-state index contributed by atoms with van der Waals surface area (Å²) in [7, 11) is 1.01. The standard InChI is InChI=1S/C9H10F3N3O3S/c1-15(4-9(10,11)12)8(18)13-2-6-14-5(3-19-6)7(16)17/h3H,2,4H2,1H3,(H,13,18)(H,16,17). The lowest BCUT2D eigenvalue weighted by Gasteiger charge is -2.18. The molecular formula is C9H10F3N3O3S. The third-order valence-electron chi connectivity index (χ3n) is 1.92. The Bertz CT molecular complexity index is 475. The number of rotatable bonds is 4. The number of urea groups is 1. The average molecular weight is 297 g/mol. The van der Waals surface area contributed by atoms with Gasteiger partial charge in [0.2, 0.25) is 0 Å². The molecule has 0 fully saturated rings. The van der Waals surface area contributed by atoms with Crippen LogP contribution in [0, 0.1) is 0 Å². The molecule has 2 amide bonds. The Morgan fingerprint density at radius 2 is 2.16 bits per heavy atom. The third kappa shape index (κ3) is 5.12. The lowest BCUT2D eigenvalue weighted by Crippen LogP contribution is -2.41.